The number of nitrogens with zero attached hydrogens (tertiary/aromatic N) is 1. The van der Waals surface area contributed by atoms with Crippen molar-refractivity contribution in [2.75, 3.05) is 0 Å². The smallest absolute Gasteiger partial charge is 0.416 e. The zero-order chi connectivity index (χ0) is 19.0. The van der Waals surface area contributed by atoms with Gasteiger partial charge in [-0.3, -0.25) is 4.79 Å². The number of carbonyl (C=O) groups excluding carboxylic acids is 1. The summed E-state index contributed by atoms with van der Waals surface area (Å²) in [6, 6.07) is 4.01. The van der Waals surface area contributed by atoms with Gasteiger partial charge >= 0.3 is 12.1 Å². The second-order valence-electron chi connectivity index (χ2n) is 5.33. The first-order chi connectivity index (χ1) is 11.7. The van der Waals surface area contributed by atoms with E-state index in [1.165, 1.54) is 0 Å². The Morgan fingerprint density at radius 1 is 1.20 bits per heavy atom. The molecule has 1 aromatic rings. The molecule has 0 spiro atoms. The van der Waals surface area contributed by atoms with Crippen LogP contribution in [-0.4, -0.2) is 28.1 Å². The van der Waals surface area contributed by atoms with Crippen LogP contribution in [0.1, 0.15) is 42.9 Å². The van der Waals surface area contributed by atoms with Crippen molar-refractivity contribution < 1.29 is 33.0 Å². The number of hydrogen-bond donors (Lipinski definition) is 3. The van der Waals surface area contributed by atoms with E-state index in [1.54, 1.807) is 0 Å². The summed E-state index contributed by atoms with van der Waals surface area (Å²) in [7, 11) is 0. The largest absolute Gasteiger partial charge is 0.480 e. The van der Waals surface area contributed by atoms with E-state index in [9.17, 15) is 27.9 Å². The van der Waals surface area contributed by atoms with Crippen LogP contribution in [0.2, 0.25) is 0 Å². The van der Waals surface area contributed by atoms with E-state index in [4.69, 9.17) is 10.4 Å². The van der Waals surface area contributed by atoms with Crippen LogP contribution in [0.4, 0.5) is 13.2 Å². The number of aliphatic hydroxyl groups excluding tert-OH is 1. The predicted octanol–water partition coefficient (Wildman–Crippen LogP) is 2.39. The third kappa shape index (κ3) is 6.43. The van der Waals surface area contributed by atoms with Gasteiger partial charge in [-0.2, -0.15) is 18.4 Å². The number of amides is 1. The summed E-state index contributed by atoms with van der Waals surface area (Å²) in [6.45, 7) is 0. The molecular weight excluding hydrogens is 341 g/mol. The fraction of sp³-hybridized carbons (Fsp3) is 0.438. The van der Waals surface area contributed by atoms with Gasteiger partial charge < -0.3 is 15.5 Å². The topological polar surface area (TPSA) is 110 Å². The van der Waals surface area contributed by atoms with Gasteiger partial charge in [-0.1, -0.05) is 12.1 Å². The monoisotopic (exact) mass is 358 g/mol. The maximum Gasteiger partial charge on any atom is 0.416 e. The molecule has 0 radical (unpaired) electrons. The van der Waals surface area contributed by atoms with Gasteiger partial charge in [0.25, 0.3) is 5.91 Å². The third-order valence-corrected chi connectivity index (χ3v) is 3.45. The highest BCUT2D eigenvalue weighted by atomic mass is 19.4. The number of nitriles is 1. The quantitative estimate of drug-likeness (QED) is 0.618. The van der Waals surface area contributed by atoms with Crippen molar-refractivity contribution in [1.29, 1.82) is 5.26 Å². The number of unbranched alkanes of at least 4 members (excludes halogenated alkanes) is 2. The number of aliphatic hydroxyl groups is 1. The summed E-state index contributed by atoms with van der Waals surface area (Å²) < 4.78 is 37.5. The van der Waals surface area contributed by atoms with Gasteiger partial charge in [0.2, 0.25) is 0 Å². The Bertz CT molecular complexity index is 638. The van der Waals surface area contributed by atoms with Gasteiger partial charge in [-0.25, -0.2) is 4.79 Å². The predicted molar refractivity (Wildman–Crippen MR) is 80.1 cm³/mol. The Balaban J connectivity index is 2.70. The number of alkyl halides is 3. The standard InChI is InChI=1S/C16H17F3N2O4/c17-16(18,19)11-7-5-10(6-8-11)13(22)14(23)21-12(15(24)25)4-2-1-3-9-20/h5-8,12-13,22H,1-4H2,(H,21,23)(H,24,25)/t12-,13-/m0/s1. The van der Waals surface area contributed by atoms with Crippen LogP contribution in [0.15, 0.2) is 24.3 Å². The van der Waals surface area contributed by atoms with Crippen LogP contribution in [0, 0.1) is 11.3 Å². The summed E-state index contributed by atoms with van der Waals surface area (Å²) in [5.74, 6) is -2.32. The van der Waals surface area contributed by atoms with Gasteiger partial charge in [0, 0.05) is 6.42 Å². The van der Waals surface area contributed by atoms with Crippen molar-refractivity contribution in [1.82, 2.24) is 5.32 Å². The minimum absolute atomic E-state index is 0.0719. The van der Waals surface area contributed by atoms with Crippen LogP contribution < -0.4 is 5.32 Å². The zero-order valence-electron chi connectivity index (χ0n) is 13.1. The molecule has 0 saturated heterocycles. The molecule has 25 heavy (non-hydrogen) atoms. The molecule has 0 fully saturated rings. The van der Waals surface area contributed by atoms with E-state index in [0.29, 0.717) is 12.8 Å². The molecule has 0 aliphatic rings. The van der Waals surface area contributed by atoms with Crippen molar-refractivity contribution >= 4 is 11.9 Å². The Morgan fingerprint density at radius 3 is 2.28 bits per heavy atom. The highest BCUT2D eigenvalue weighted by Crippen LogP contribution is 2.30. The molecular formula is C16H17F3N2O4. The first kappa shape index (κ1) is 20.4. The lowest BCUT2D eigenvalue weighted by Crippen LogP contribution is -2.43. The second-order valence-corrected chi connectivity index (χ2v) is 5.33. The number of rotatable bonds is 8. The fourth-order valence-corrected chi connectivity index (χ4v) is 2.07. The summed E-state index contributed by atoms with van der Waals surface area (Å²) in [4.78, 5) is 23.1. The van der Waals surface area contributed by atoms with E-state index in [1.807, 2.05) is 6.07 Å². The number of hydrogen-bond acceptors (Lipinski definition) is 4. The summed E-state index contributed by atoms with van der Waals surface area (Å²) in [5.41, 5.74) is -1.01. The number of carboxylic acid groups (broad SMARTS) is 1. The van der Waals surface area contributed by atoms with E-state index < -0.39 is 35.8 Å². The molecule has 9 heteroatoms. The summed E-state index contributed by atoms with van der Waals surface area (Å²) in [5, 5.41) is 29.5. The van der Waals surface area contributed by atoms with Gasteiger partial charge in [-0.05, 0) is 37.0 Å². The van der Waals surface area contributed by atoms with E-state index in [0.717, 1.165) is 24.3 Å². The lowest BCUT2D eigenvalue weighted by atomic mass is 10.0. The molecule has 3 N–H and O–H groups in total. The van der Waals surface area contributed by atoms with Crippen molar-refractivity contribution in [3.8, 4) is 6.07 Å². The summed E-state index contributed by atoms with van der Waals surface area (Å²) >= 11 is 0. The van der Waals surface area contributed by atoms with Crippen molar-refractivity contribution in [2.45, 2.75) is 44.0 Å². The first-order valence-electron chi connectivity index (χ1n) is 7.42. The highest BCUT2D eigenvalue weighted by molar-refractivity contribution is 5.86. The van der Waals surface area contributed by atoms with Gasteiger partial charge in [-0.15, -0.1) is 0 Å². The molecule has 0 bridgehead atoms. The molecule has 0 aliphatic carbocycles. The van der Waals surface area contributed by atoms with Crippen LogP contribution >= 0.6 is 0 Å². The zero-order valence-corrected chi connectivity index (χ0v) is 13.1. The summed E-state index contributed by atoms with van der Waals surface area (Å²) in [6.07, 6.45) is -5.14. The van der Waals surface area contributed by atoms with Crippen LogP contribution in [-0.2, 0) is 15.8 Å². The molecule has 1 amide bonds. The van der Waals surface area contributed by atoms with Crippen LogP contribution in [0.5, 0.6) is 0 Å². The molecule has 6 nitrogen and oxygen atoms in total. The van der Waals surface area contributed by atoms with E-state index in [-0.39, 0.29) is 18.4 Å². The molecule has 0 saturated carbocycles. The maximum atomic E-state index is 12.5. The van der Waals surface area contributed by atoms with Crippen molar-refractivity contribution in [2.24, 2.45) is 0 Å². The molecule has 1 rings (SSSR count). The molecule has 1 aromatic carbocycles. The van der Waals surface area contributed by atoms with Gasteiger partial charge in [0.1, 0.15) is 6.04 Å². The van der Waals surface area contributed by atoms with E-state index in [2.05, 4.69) is 5.32 Å². The minimum atomic E-state index is -4.54. The number of carboxylic acids is 1. The van der Waals surface area contributed by atoms with Crippen LogP contribution in [0.3, 0.4) is 0 Å². The lowest BCUT2D eigenvalue weighted by molar-refractivity contribution is -0.143. The Labute approximate surface area is 141 Å². The van der Waals surface area contributed by atoms with Crippen LogP contribution in [0.25, 0.3) is 0 Å². The first-order valence-corrected chi connectivity index (χ1v) is 7.42. The maximum absolute atomic E-state index is 12.5. The Morgan fingerprint density at radius 2 is 1.80 bits per heavy atom. The molecule has 0 aliphatic heterocycles. The number of benzene rings is 1. The average molecular weight is 358 g/mol. The normalized spacial score (nSPS) is 13.6. The van der Waals surface area contributed by atoms with E-state index >= 15 is 0 Å². The number of carbonyl (C=O) groups is 2. The Hall–Kier alpha value is -2.60. The number of nitrogens with one attached hydrogen (secondary N) is 1. The van der Waals surface area contributed by atoms with Crippen molar-refractivity contribution in [3.05, 3.63) is 35.4 Å². The number of halogens is 3. The second kappa shape index (κ2) is 9.03. The molecule has 0 aromatic heterocycles. The minimum Gasteiger partial charge on any atom is -0.480 e. The number of aliphatic carboxylic acids is 1. The highest BCUT2D eigenvalue weighted by Gasteiger charge is 2.31. The SMILES string of the molecule is N#CCCCC[C@H](NC(=O)[C@@H](O)c1ccc(C(F)(F)F)cc1)C(=O)O. The molecule has 136 valence electrons. The fourth-order valence-electron chi connectivity index (χ4n) is 2.07. The van der Waals surface area contributed by atoms with Gasteiger partial charge in [0.05, 0.1) is 11.6 Å². The average Bonchev–Trinajstić information content (AvgIpc) is 2.55. The Kier molecular flexibility index (Phi) is 7.39. The van der Waals surface area contributed by atoms with Gasteiger partial charge in [0.15, 0.2) is 6.10 Å². The lowest BCUT2D eigenvalue weighted by Gasteiger charge is -2.17. The molecule has 2 atom stereocenters. The molecule has 0 heterocycles. The molecule has 0 unspecified atom stereocenters. The van der Waals surface area contributed by atoms with Crippen molar-refractivity contribution in [3.63, 3.8) is 0 Å². The third-order valence-electron chi connectivity index (χ3n) is 3.45.